The molecule has 74 valence electrons. The fourth-order valence-electron chi connectivity index (χ4n) is 2.00. The molecule has 2 rings (SSSR count). The summed E-state index contributed by atoms with van der Waals surface area (Å²) in [4.78, 5) is 0. The molecule has 1 aliphatic carbocycles. The molecule has 0 fully saturated rings. The van der Waals surface area contributed by atoms with E-state index in [0.29, 0.717) is 0 Å². The lowest BCUT2D eigenvalue weighted by Crippen LogP contribution is -1.84. The van der Waals surface area contributed by atoms with Crippen molar-refractivity contribution in [1.29, 1.82) is 0 Å². The maximum atomic E-state index is 7.95. The van der Waals surface area contributed by atoms with E-state index in [-0.39, 0.29) is 6.40 Å². The molecule has 0 heterocycles. The Morgan fingerprint density at radius 2 is 2.14 bits per heavy atom. The Bertz CT molecular complexity index is 365. The molecule has 1 aromatic rings. The second-order valence-corrected chi connectivity index (χ2v) is 3.90. The lowest BCUT2D eigenvalue weighted by molar-refractivity contribution is 0.736. The fourth-order valence-corrected chi connectivity index (χ4v) is 2.00. The van der Waals surface area contributed by atoms with Gasteiger partial charge in [0.25, 0.3) is 0 Å². The smallest absolute Gasteiger partial charge is 0.0360 e. The van der Waals surface area contributed by atoms with Crippen LogP contribution >= 0.6 is 0 Å². The Morgan fingerprint density at radius 3 is 3.00 bits per heavy atom. The van der Waals surface area contributed by atoms with E-state index in [1.807, 2.05) is 6.07 Å². The van der Waals surface area contributed by atoms with Gasteiger partial charge in [-0.15, -0.1) is 0 Å². The van der Waals surface area contributed by atoms with Crippen LogP contribution in [0, 0.1) is 0 Å². The van der Waals surface area contributed by atoms with E-state index < -0.39 is 0 Å². The molecule has 1 unspecified atom stereocenters. The van der Waals surface area contributed by atoms with Crippen molar-refractivity contribution in [2.24, 2.45) is 0 Å². The summed E-state index contributed by atoms with van der Waals surface area (Å²) in [5, 5.41) is 0. The van der Waals surface area contributed by atoms with E-state index in [9.17, 15) is 0 Å². The third-order valence-electron chi connectivity index (χ3n) is 2.82. The van der Waals surface area contributed by atoms with E-state index in [1.165, 1.54) is 36.0 Å². The Hall–Kier alpha value is -1.04. The molecular weight excluding hydrogens is 168 g/mol. The fraction of sp³-hybridized carbons (Fsp3) is 0.429. The third kappa shape index (κ3) is 1.89. The van der Waals surface area contributed by atoms with Crippen LogP contribution in [-0.4, -0.2) is 0 Å². The average Bonchev–Trinajstić information content (AvgIpc) is 2.58. The summed E-state index contributed by atoms with van der Waals surface area (Å²) < 4.78 is 7.95. The normalized spacial score (nSPS) is 20.2. The molecule has 0 heteroatoms. The predicted octanol–water partition coefficient (Wildman–Crippen LogP) is 4.21. The first-order chi connectivity index (χ1) is 7.33. The van der Waals surface area contributed by atoms with Crippen molar-refractivity contribution in [2.45, 2.75) is 39.0 Å². The number of hydrogen-bond acceptors (Lipinski definition) is 0. The molecule has 0 nitrogen and oxygen atoms in total. The minimum atomic E-state index is -0.127. The summed E-state index contributed by atoms with van der Waals surface area (Å²) in [5.41, 5.74) is 3.89. The molecule has 1 atom stereocenters. The summed E-state index contributed by atoms with van der Waals surface area (Å²) in [5.74, 6) is 0. The van der Waals surface area contributed by atoms with Crippen LogP contribution in [0.3, 0.4) is 0 Å². The van der Waals surface area contributed by atoms with Crippen LogP contribution < -0.4 is 0 Å². The molecule has 0 amide bonds. The Balaban J connectivity index is 2.11. The summed E-state index contributed by atoms with van der Waals surface area (Å²) in [7, 11) is 0. The van der Waals surface area contributed by atoms with Gasteiger partial charge in [-0.1, -0.05) is 50.1 Å². The van der Waals surface area contributed by atoms with Crippen LogP contribution in [0.5, 0.6) is 0 Å². The van der Waals surface area contributed by atoms with E-state index in [2.05, 4.69) is 31.2 Å². The maximum absolute atomic E-state index is 7.95. The van der Waals surface area contributed by atoms with E-state index in [1.54, 1.807) is 0 Å². The minimum Gasteiger partial charge on any atom is -0.0763 e. The molecule has 0 bridgehead atoms. The highest BCUT2D eigenvalue weighted by Gasteiger charge is 2.11. The maximum Gasteiger partial charge on any atom is 0.0360 e. The lowest BCUT2D eigenvalue weighted by atomic mass is 10.0. The van der Waals surface area contributed by atoms with Gasteiger partial charge in [-0.25, -0.2) is 0 Å². The van der Waals surface area contributed by atoms with E-state index in [4.69, 9.17) is 1.37 Å². The summed E-state index contributed by atoms with van der Waals surface area (Å²) in [6.07, 6.45) is 6.93. The van der Waals surface area contributed by atoms with Crippen molar-refractivity contribution in [3.8, 4) is 0 Å². The zero-order chi connectivity index (χ0) is 10.7. The van der Waals surface area contributed by atoms with Crippen LogP contribution in [0.4, 0.5) is 0 Å². The first-order valence-corrected chi connectivity index (χ1v) is 5.55. The van der Waals surface area contributed by atoms with Gasteiger partial charge in [0, 0.05) is 1.37 Å². The van der Waals surface area contributed by atoms with Crippen LogP contribution in [0.1, 0.15) is 45.1 Å². The quantitative estimate of drug-likeness (QED) is 0.619. The van der Waals surface area contributed by atoms with Crippen molar-refractivity contribution in [3.05, 3.63) is 41.5 Å². The number of hydrogen-bond donors (Lipinski definition) is 0. The van der Waals surface area contributed by atoms with Crippen molar-refractivity contribution in [3.63, 3.8) is 0 Å². The number of benzene rings is 1. The first kappa shape index (κ1) is 8.28. The van der Waals surface area contributed by atoms with Gasteiger partial charge in [0.15, 0.2) is 0 Å². The highest BCUT2D eigenvalue weighted by molar-refractivity contribution is 5.72. The van der Waals surface area contributed by atoms with Gasteiger partial charge in [0.1, 0.15) is 0 Å². The zero-order valence-corrected chi connectivity index (χ0v) is 8.79. The Kier molecular flexibility index (Phi) is 2.64. The standard InChI is InChI=1S/C14H18/c1-2-3-4-7-12-10-11-13-8-5-6-9-14(12)13/h5-6,8-10H,2-4,7,11H2,1H3/i11D. The largest absolute Gasteiger partial charge is 0.0763 e. The molecule has 0 spiro atoms. The van der Waals surface area contributed by atoms with Crippen LogP contribution in [0.2, 0.25) is 0 Å². The summed E-state index contributed by atoms with van der Waals surface area (Å²) in [6, 6.07) is 8.34. The second kappa shape index (κ2) is 4.45. The second-order valence-electron chi connectivity index (χ2n) is 3.90. The third-order valence-corrected chi connectivity index (χ3v) is 2.82. The molecule has 0 saturated carbocycles. The average molecular weight is 187 g/mol. The topological polar surface area (TPSA) is 0 Å². The minimum absolute atomic E-state index is 0.127. The zero-order valence-electron chi connectivity index (χ0n) is 9.79. The molecular formula is C14H18. The molecule has 14 heavy (non-hydrogen) atoms. The molecule has 0 radical (unpaired) electrons. The lowest BCUT2D eigenvalue weighted by Gasteiger charge is -2.04. The monoisotopic (exact) mass is 187 g/mol. The number of unbranched alkanes of at least 4 members (excludes halogenated alkanes) is 2. The highest BCUT2D eigenvalue weighted by Crippen LogP contribution is 2.30. The van der Waals surface area contributed by atoms with Crippen molar-refractivity contribution in [2.75, 3.05) is 0 Å². The van der Waals surface area contributed by atoms with Crippen molar-refractivity contribution in [1.82, 2.24) is 0 Å². The summed E-state index contributed by atoms with van der Waals surface area (Å²) >= 11 is 0. The summed E-state index contributed by atoms with van der Waals surface area (Å²) in [6.45, 7) is 2.23. The number of fused-ring (bicyclic) bond motifs is 1. The Morgan fingerprint density at radius 1 is 1.29 bits per heavy atom. The van der Waals surface area contributed by atoms with Crippen LogP contribution in [-0.2, 0) is 6.40 Å². The molecule has 0 aromatic heterocycles. The molecule has 0 saturated heterocycles. The Labute approximate surface area is 88.1 Å². The molecule has 1 aromatic carbocycles. The predicted molar refractivity (Wildman–Crippen MR) is 62.3 cm³/mol. The number of rotatable bonds is 4. The van der Waals surface area contributed by atoms with E-state index in [0.717, 1.165) is 6.42 Å². The highest BCUT2D eigenvalue weighted by atomic mass is 14.2. The van der Waals surface area contributed by atoms with Gasteiger partial charge in [-0.05, 0) is 35.9 Å². The van der Waals surface area contributed by atoms with Gasteiger partial charge in [-0.2, -0.15) is 0 Å². The van der Waals surface area contributed by atoms with Crippen LogP contribution in [0.25, 0.3) is 5.57 Å². The first-order valence-electron chi connectivity index (χ1n) is 6.13. The van der Waals surface area contributed by atoms with Gasteiger partial charge in [-0.3, -0.25) is 0 Å². The number of allylic oxidation sites excluding steroid dienone is 2. The van der Waals surface area contributed by atoms with Gasteiger partial charge in [0.2, 0.25) is 0 Å². The van der Waals surface area contributed by atoms with Crippen LogP contribution in [0.15, 0.2) is 30.3 Å². The van der Waals surface area contributed by atoms with Crippen molar-refractivity contribution >= 4 is 5.57 Å². The SMILES string of the molecule is [2H]C1C=C(CCCCC)c2ccccc21. The van der Waals surface area contributed by atoms with Gasteiger partial charge < -0.3 is 0 Å². The van der Waals surface area contributed by atoms with Gasteiger partial charge >= 0.3 is 0 Å². The molecule has 0 N–H and O–H groups in total. The molecule has 0 aliphatic heterocycles. The van der Waals surface area contributed by atoms with Gasteiger partial charge in [0.05, 0.1) is 0 Å². The van der Waals surface area contributed by atoms with E-state index >= 15 is 0 Å². The molecule has 1 aliphatic rings. The van der Waals surface area contributed by atoms with Crippen molar-refractivity contribution < 1.29 is 1.37 Å².